The van der Waals surface area contributed by atoms with Crippen molar-refractivity contribution in [3.8, 4) is 5.69 Å². The highest BCUT2D eigenvalue weighted by molar-refractivity contribution is 5.85. The third-order valence-corrected chi connectivity index (χ3v) is 8.21. The van der Waals surface area contributed by atoms with Gasteiger partial charge in [-0.3, -0.25) is 4.79 Å². The van der Waals surface area contributed by atoms with Gasteiger partial charge in [0.05, 0.1) is 11.4 Å². The van der Waals surface area contributed by atoms with E-state index in [9.17, 15) is 4.79 Å². The van der Waals surface area contributed by atoms with E-state index in [1.54, 1.807) is 0 Å². The summed E-state index contributed by atoms with van der Waals surface area (Å²) >= 11 is 0. The van der Waals surface area contributed by atoms with Gasteiger partial charge in [0, 0.05) is 48.9 Å². The van der Waals surface area contributed by atoms with Gasteiger partial charge in [0.1, 0.15) is 0 Å². The van der Waals surface area contributed by atoms with Crippen molar-refractivity contribution in [3.05, 3.63) is 81.7 Å². The summed E-state index contributed by atoms with van der Waals surface area (Å²) in [4.78, 5) is 22.7. The summed E-state index contributed by atoms with van der Waals surface area (Å²) in [6, 6.07) is 15.3. The first kappa shape index (κ1) is 26.0. The van der Waals surface area contributed by atoms with E-state index in [2.05, 4.69) is 88.9 Å². The molecule has 0 radical (unpaired) electrons. The van der Waals surface area contributed by atoms with Crippen molar-refractivity contribution >= 4 is 22.6 Å². The van der Waals surface area contributed by atoms with E-state index in [4.69, 9.17) is 10.1 Å². The molecule has 1 aliphatic heterocycles. The molecule has 1 amide bonds. The van der Waals surface area contributed by atoms with E-state index in [0.29, 0.717) is 12.8 Å². The van der Waals surface area contributed by atoms with Gasteiger partial charge in [-0.15, -0.1) is 0 Å². The minimum Gasteiger partial charge on any atom is -0.365 e. The summed E-state index contributed by atoms with van der Waals surface area (Å²) in [5.41, 5.74) is 11.2. The monoisotopic (exact) mass is 509 g/mol. The number of carbonyl (C=O) groups is 1. The fraction of sp³-hybridized carbons (Fsp3) is 0.406. The Bertz CT molecular complexity index is 1520. The Balaban J connectivity index is 1.32. The van der Waals surface area contributed by atoms with Crippen LogP contribution in [0.15, 0.2) is 42.5 Å². The fourth-order valence-electron chi connectivity index (χ4n) is 5.88. The molecule has 0 N–H and O–H groups in total. The summed E-state index contributed by atoms with van der Waals surface area (Å²) in [7, 11) is 0. The highest BCUT2D eigenvalue weighted by Crippen LogP contribution is 2.29. The molecular weight excluding hydrogens is 470 g/mol. The zero-order valence-corrected chi connectivity index (χ0v) is 23.8. The molecule has 2 aromatic carbocycles. The average Bonchev–Trinajstić information content (AvgIpc) is 3.21. The Morgan fingerprint density at radius 3 is 2.42 bits per heavy atom. The molecule has 1 fully saturated rings. The molecule has 2 aromatic heterocycles. The van der Waals surface area contributed by atoms with Crippen LogP contribution in [0.4, 0.5) is 5.69 Å². The predicted octanol–water partition coefficient (Wildman–Crippen LogP) is 5.94. The Kier molecular flexibility index (Phi) is 6.99. The molecule has 198 valence electrons. The molecule has 1 unspecified atom stereocenters. The highest BCUT2D eigenvalue weighted by Gasteiger charge is 2.27. The van der Waals surface area contributed by atoms with Gasteiger partial charge < -0.3 is 9.80 Å². The minimum atomic E-state index is 0.224. The van der Waals surface area contributed by atoms with Gasteiger partial charge in [-0.2, -0.15) is 5.10 Å². The molecule has 6 nitrogen and oxygen atoms in total. The maximum Gasteiger partial charge on any atom is 0.223 e. The van der Waals surface area contributed by atoms with Crippen LogP contribution in [0.2, 0.25) is 0 Å². The van der Waals surface area contributed by atoms with Crippen LogP contribution in [0, 0.1) is 41.5 Å². The summed E-state index contributed by atoms with van der Waals surface area (Å²) in [5.74, 6) is 0.224. The summed E-state index contributed by atoms with van der Waals surface area (Å²) < 4.78 is 1.96. The van der Waals surface area contributed by atoms with Crippen LogP contribution >= 0.6 is 0 Å². The molecule has 1 atom stereocenters. The number of nitrogens with zero attached hydrogens (tertiary/aromatic N) is 5. The lowest BCUT2D eigenvalue weighted by atomic mass is 9.98. The molecule has 0 spiro atoms. The third kappa shape index (κ3) is 4.80. The van der Waals surface area contributed by atoms with Crippen molar-refractivity contribution in [1.29, 1.82) is 0 Å². The Hall–Kier alpha value is -3.67. The van der Waals surface area contributed by atoms with Crippen LogP contribution in [0.3, 0.4) is 0 Å². The normalized spacial score (nSPS) is 15.9. The molecule has 1 saturated heterocycles. The second-order valence-electron chi connectivity index (χ2n) is 11.0. The van der Waals surface area contributed by atoms with Crippen LogP contribution < -0.4 is 4.90 Å². The van der Waals surface area contributed by atoms with Crippen molar-refractivity contribution in [2.75, 3.05) is 24.5 Å². The number of aryl methyl sites for hydroxylation is 6. The van der Waals surface area contributed by atoms with Gasteiger partial charge in [-0.25, -0.2) is 9.67 Å². The maximum absolute atomic E-state index is 13.3. The van der Waals surface area contributed by atoms with E-state index in [0.717, 1.165) is 47.7 Å². The second kappa shape index (κ2) is 10.2. The number of amides is 1. The van der Waals surface area contributed by atoms with Gasteiger partial charge in [0.25, 0.3) is 0 Å². The van der Waals surface area contributed by atoms with Crippen molar-refractivity contribution in [2.24, 2.45) is 0 Å². The third-order valence-electron chi connectivity index (χ3n) is 8.21. The number of hydrogen-bond donors (Lipinski definition) is 0. The van der Waals surface area contributed by atoms with Crippen LogP contribution in [0.25, 0.3) is 16.7 Å². The van der Waals surface area contributed by atoms with E-state index < -0.39 is 0 Å². The number of anilines is 1. The Morgan fingerprint density at radius 2 is 1.71 bits per heavy atom. The van der Waals surface area contributed by atoms with Crippen LogP contribution in [-0.4, -0.2) is 51.2 Å². The first-order valence-corrected chi connectivity index (χ1v) is 13.7. The lowest BCUT2D eigenvalue weighted by Gasteiger charge is -2.41. The number of pyridine rings is 1. The Labute approximate surface area is 226 Å². The summed E-state index contributed by atoms with van der Waals surface area (Å²) in [5, 5.41) is 5.96. The fourth-order valence-corrected chi connectivity index (χ4v) is 5.88. The average molecular weight is 510 g/mol. The minimum absolute atomic E-state index is 0.224. The molecule has 0 aliphatic carbocycles. The number of hydrogen-bond acceptors (Lipinski definition) is 4. The van der Waals surface area contributed by atoms with E-state index >= 15 is 0 Å². The topological polar surface area (TPSA) is 54.3 Å². The number of piperazine rings is 1. The number of aromatic nitrogens is 3. The van der Waals surface area contributed by atoms with Crippen molar-refractivity contribution in [2.45, 2.75) is 67.3 Å². The smallest absolute Gasteiger partial charge is 0.223 e. The van der Waals surface area contributed by atoms with Crippen molar-refractivity contribution < 1.29 is 4.79 Å². The number of benzene rings is 2. The lowest BCUT2D eigenvalue weighted by Crippen LogP contribution is -2.53. The first-order chi connectivity index (χ1) is 18.1. The first-order valence-electron chi connectivity index (χ1n) is 13.7. The summed E-state index contributed by atoms with van der Waals surface area (Å²) in [6.07, 6.45) is 1.19. The van der Waals surface area contributed by atoms with E-state index in [1.807, 2.05) is 16.5 Å². The van der Waals surface area contributed by atoms with Crippen molar-refractivity contribution in [1.82, 2.24) is 19.7 Å². The molecule has 38 heavy (non-hydrogen) atoms. The standard InChI is InChI=1S/C32H39N5O/c1-20-9-8-10-27(17-20)36-16-15-35(19-23(36)4)30(38)14-13-29-24(5)31-26(7)34-37(32(31)33-25(29)6)28-12-11-21(2)22(3)18-28/h8-12,17-18,23H,13-16,19H2,1-7H3. The number of fused-ring (bicyclic) bond motifs is 1. The van der Waals surface area contributed by atoms with Crippen LogP contribution in [0.5, 0.6) is 0 Å². The molecule has 5 rings (SSSR count). The van der Waals surface area contributed by atoms with Crippen LogP contribution in [0.1, 0.15) is 52.5 Å². The zero-order valence-electron chi connectivity index (χ0n) is 23.8. The molecule has 6 heteroatoms. The molecule has 3 heterocycles. The number of rotatable bonds is 5. The zero-order chi connectivity index (χ0) is 27.1. The second-order valence-corrected chi connectivity index (χ2v) is 11.0. The Morgan fingerprint density at radius 1 is 0.921 bits per heavy atom. The molecule has 0 saturated carbocycles. The highest BCUT2D eigenvalue weighted by atomic mass is 16.2. The van der Waals surface area contributed by atoms with Gasteiger partial charge >= 0.3 is 0 Å². The molecule has 4 aromatic rings. The van der Waals surface area contributed by atoms with Gasteiger partial charge in [-0.1, -0.05) is 18.2 Å². The molecule has 1 aliphatic rings. The SMILES string of the molecule is Cc1cccc(N2CCN(C(=O)CCc3c(C)nc4c(c(C)nn4-c4ccc(C)c(C)c4)c3C)CC2C)c1. The van der Waals surface area contributed by atoms with Crippen LogP contribution in [-0.2, 0) is 11.2 Å². The quantitative estimate of drug-likeness (QED) is 0.334. The predicted molar refractivity (Wildman–Crippen MR) is 155 cm³/mol. The van der Waals surface area contributed by atoms with Crippen molar-refractivity contribution in [3.63, 3.8) is 0 Å². The molecular formula is C32H39N5O. The van der Waals surface area contributed by atoms with E-state index in [-0.39, 0.29) is 11.9 Å². The van der Waals surface area contributed by atoms with Gasteiger partial charge in [0.2, 0.25) is 5.91 Å². The molecule has 0 bridgehead atoms. The van der Waals surface area contributed by atoms with Gasteiger partial charge in [0.15, 0.2) is 5.65 Å². The lowest BCUT2D eigenvalue weighted by molar-refractivity contribution is -0.131. The summed E-state index contributed by atoms with van der Waals surface area (Å²) in [6.45, 7) is 17.2. The largest absolute Gasteiger partial charge is 0.365 e. The van der Waals surface area contributed by atoms with E-state index in [1.165, 1.54) is 33.5 Å². The maximum atomic E-state index is 13.3. The number of carbonyl (C=O) groups excluding carboxylic acids is 1. The van der Waals surface area contributed by atoms with Gasteiger partial charge in [-0.05, 0) is 107 Å².